The van der Waals surface area contributed by atoms with Gasteiger partial charge in [0, 0.05) is 5.56 Å². The van der Waals surface area contributed by atoms with Gasteiger partial charge in [0.05, 0.1) is 17.2 Å². The first-order valence-electron chi connectivity index (χ1n) is 7.69. The van der Waals surface area contributed by atoms with Crippen LogP contribution in [-0.2, 0) is 21.3 Å². The van der Waals surface area contributed by atoms with Crippen molar-refractivity contribution in [2.24, 2.45) is 0 Å². The number of benzene rings is 2. The van der Waals surface area contributed by atoms with E-state index >= 15 is 0 Å². The number of oxazole rings is 1. The summed E-state index contributed by atoms with van der Waals surface area (Å²) < 4.78 is 30.3. The van der Waals surface area contributed by atoms with Gasteiger partial charge in [0.25, 0.3) is 0 Å². The van der Waals surface area contributed by atoms with Crippen molar-refractivity contribution in [1.29, 1.82) is 0 Å². The summed E-state index contributed by atoms with van der Waals surface area (Å²) >= 11 is 0. The number of nitrogens with zero attached hydrogens (tertiary/aromatic N) is 1. The summed E-state index contributed by atoms with van der Waals surface area (Å²) in [6.45, 7) is 3.92. The van der Waals surface area contributed by atoms with E-state index in [-0.39, 0.29) is 11.5 Å². The van der Waals surface area contributed by atoms with E-state index in [1.165, 1.54) is 6.26 Å². The summed E-state index contributed by atoms with van der Waals surface area (Å²) in [5.41, 5.74) is 4.20. The molecule has 0 saturated carbocycles. The van der Waals surface area contributed by atoms with Crippen LogP contribution >= 0.6 is 0 Å². The summed E-state index contributed by atoms with van der Waals surface area (Å²) in [5.74, 6) is 0.319. The monoisotopic (exact) mass is 341 g/mol. The molecule has 0 radical (unpaired) electrons. The van der Waals surface area contributed by atoms with Crippen LogP contribution in [0, 0.1) is 13.8 Å². The lowest BCUT2D eigenvalue weighted by Gasteiger charge is -2.05. The molecule has 0 aliphatic heterocycles. The number of aromatic nitrogens is 1. The zero-order valence-electron chi connectivity index (χ0n) is 13.7. The third-order valence-corrected chi connectivity index (χ3v) is 5.34. The van der Waals surface area contributed by atoms with Crippen LogP contribution in [0.25, 0.3) is 11.5 Å². The van der Waals surface area contributed by atoms with Crippen LogP contribution in [0.15, 0.2) is 59.2 Å². The maximum atomic E-state index is 12.4. The Morgan fingerprint density at radius 1 is 0.958 bits per heavy atom. The van der Waals surface area contributed by atoms with E-state index in [9.17, 15) is 8.42 Å². The van der Waals surface area contributed by atoms with Crippen molar-refractivity contribution in [1.82, 2.24) is 4.98 Å². The van der Waals surface area contributed by atoms with E-state index in [1.807, 2.05) is 62.4 Å². The Morgan fingerprint density at radius 3 is 2.38 bits per heavy atom. The Bertz CT molecular complexity index is 941. The summed E-state index contributed by atoms with van der Waals surface area (Å²) in [6, 6.07) is 15.3. The second-order valence-electron chi connectivity index (χ2n) is 5.97. The van der Waals surface area contributed by atoms with Crippen molar-refractivity contribution in [2.75, 3.05) is 0 Å². The molecule has 0 spiro atoms. The summed E-state index contributed by atoms with van der Waals surface area (Å²) in [6.07, 6.45) is 1.42. The molecule has 0 saturated heterocycles. The van der Waals surface area contributed by atoms with E-state index in [0.29, 0.717) is 11.6 Å². The molecule has 1 heterocycles. The second kappa shape index (κ2) is 6.61. The van der Waals surface area contributed by atoms with E-state index in [0.717, 1.165) is 22.3 Å². The molecule has 0 aliphatic carbocycles. The van der Waals surface area contributed by atoms with Gasteiger partial charge in [-0.3, -0.25) is 0 Å². The minimum absolute atomic E-state index is 0.00635. The first-order valence-corrected chi connectivity index (χ1v) is 9.51. The van der Waals surface area contributed by atoms with Crippen LogP contribution in [0.4, 0.5) is 0 Å². The van der Waals surface area contributed by atoms with Crippen molar-refractivity contribution >= 4 is 9.84 Å². The van der Waals surface area contributed by atoms with Gasteiger partial charge in [-0.05, 0) is 37.1 Å². The maximum absolute atomic E-state index is 12.4. The molecule has 2 aromatic carbocycles. The predicted octanol–water partition coefficient (Wildman–Crippen LogP) is 4.07. The molecule has 124 valence electrons. The van der Waals surface area contributed by atoms with E-state index in [1.54, 1.807) is 0 Å². The lowest BCUT2D eigenvalue weighted by atomic mass is 10.1. The second-order valence-corrected chi connectivity index (χ2v) is 8.03. The van der Waals surface area contributed by atoms with E-state index in [2.05, 4.69) is 4.98 Å². The van der Waals surface area contributed by atoms with Crippen molar-refractivity contribution < 1.29 is 12.8 Å². The van der Waals surface area contributed by atoms with Crippen LogP contribution in [-0.4, -0.2) is 13.4 Å². The predicted molar refractivity (Wildman–Crippen MR) is 94.2 cm³/mol. The average Bonchev–Trinajstić information content (AvgIpc) is 2.98. The fourth-order valence-corrected chi connectivity index (χ4v) is 3.97. The Morgan fingerprint density at radius 2 is 1.67 bits per heavy atom. The minimum atomic E-state index is -3.31. The van der Waals surface area contributed by atoms with Crippen molar-refractivity contribution in [3.8, 4) is 11.5 Å². The van der Waals surface area contributed by atoms with Crippen molar-refractivity contribution in [2.45, 2.75) is 25.4 Å². The lowest BCUT2D eigenvalue weighted by molar-refractivity contribution is 0.571. The SMILES string of the molecule is Cc1ccc(-c2nc(CS(=O)(=O)Cc3ccccc3C)co2)cc1. The molecule has 24 heavy (non-hydrogen) atoms. The van der Waals surface area contributed by atoms with Crippen molar-refractivity contribution in [3.63, 3.8) is 0 Å². The minimum Gasteiger partial charge on any atom is -0.444 e. The number of aryl methyl sites for hydroxylation is 2. The van der Waals surface area contributed by atoms with Crippen LogP contribution in [0.1, 0.15) is 22.4 Å². The van der Waals surface area contributed by atoms with Gasteiger partial charge in [-0.15, -0.1) is 0 Å². The molecule has 0 bridgehead atoms. The third-order valence-electron chi connectivity index (χ3n) is 3.85. The maximum Gasteiger partial charge on any atom is 0.226 e. The normalized spacial score (nSPS) is 11.6. The number of hydrogen-bond donors (Lipinski definition) is 0. The number of hydrogen-bond acceptors (Lipinski definition) is 4. The Kier molecular flexibility index (Phi) is 4.53. The summed E-state index contributed by atoms with van der Waals surface area (Å²) in [7, 11) is -3.31. The molecule has 0 aliphatic rings. The Labute approximate surface area is 142 Å². The first-order chi connectivity index (χ1) is 11.4. The molecular weight excluding hydrogens is 322 g/mol. The molecule has 3 rings (SSSR count). The van der Waals surface area contributed by atoms with Gasteiger partial charge < -0.3 is 4.42 Å². The Hall–Kier alpha value is -2.40. The lowest BCUT2D eigenvalue weighted by Crippen LogP contribution is -2.08. The quantitative estimate of drug-likeness (QED) is 0.702. The first kappa shape index (κ1) is 16.5. The van der Waals surface area contributed by atoms with Crippen molar-refractivity contribution in [3.05, 3.63) is 77.2 Å². The number of rotatable bonds is 5. The molecule has 0 fully saturated rings. The average molecular weight is 341 g/mol. The molecule has 0 amide bonds. The van der Waals surface area contributed by atoms with Gasteiger partial charge >= 0.3 is 0 Å². The smallest absolute Gasteiger partial charge is 0.226 e. The van der Waals surface area contributed by atoms with E-state index < -0.39 is 9.84 Å². The largest absolute Gasteiger partial charge is 0.444 e. The summed E-state index contributed by atoms with van der Waals surface area (Å²) in [5, 5.41) is 0. The summed E-state index contributed by atoms with van der Waals surface area (Å²) in [4.78, 5) is 4.31. The molecule has 3 aromatic rings. The molecule has 4 nitrogen and oxygen atoms in total. The molecule has 0 unspecified atom stereocenters. The van der Waals surface area contributed by atoms with Gasteiger partial charge in [-0.1, -0.05) is 42.0 Å². The van der Waals surface area contributed by atoms with Crippen LogP contribution in [0.5, 0.6) is 0 Å². The fourth-order valence-electron chi connectivity index (χ4n) is 2.49. The zero-order chi connectivity index (χ0) is 17.2. The highest BCUT2D eigenvalue weighted by atomic mass is 32.2. The zero-order valence-corrected chi connectivity index (χ0v) is 14.5. The molecule has 5 heteroatoms. The number of sulfone groups is 1. The van der Waals surface area contributed by atoms with E-state index in [4.69, 9.17) is 4.42 Å². The van der Waals surface area contributed by atoms with Gasteiger partial charge in [0.1, 0.15) is 6.26 Å². The fraction of sp³-hybridized carbons (Fsp3) is 0.211. The van der Waals surface area contributed by atoms with Crippen LogP contribution in [0.3, 0.4) is 0 Å². The molecule has 0 N–H and O–H groups in total. The Balaban J connectivity index is 1.76. The van der Waals surface area contributed by atoms with Gasteiger partial charge in [0.2, 0.25) is 5.89 Å². The molecular formula is C19H19NO3S. The van der Waals surface area contributed by atoms with Crippen LogP contribution < -0.4 is 0 Å². The highest BCUT2D eigenvalue weighted by molar-refractivity contribution is 7.89. The van der Waals surface area contributed by atoms with Gasteiger partial charge in [-0.25, -0.2) is 13.4 Å². The molecule has 1 aromatic heterocycles. The van der Waals surface area contributed by atoms with Gasteiger partial charge in [-0.2, -0.15) is 0 Å². The standard InChI is InChI=1S/C19H19NO3S/c1-14-7-9-16(10-8-14)19-20-18(11-23-19)13-24(21,22)12-17-6-4-3-5-15(17)2/h3-11H,12-13H2,1-2H3. The highest BCUT2D eigenvalue weighted by Gasteiger charge is 2.17. The molecule has 0 atom stereocenters. The third kappa shape index (κ3) is 3.92. The van der Waals surface area contributed by atoms with Gasteiger partial charge in [0.15, 0.2) is 9.84 Å². The highest BCUT2D eigenvalue weighted by Crippen LogP contribution is 2.21. The topological polar surface area (TPSA) is 60.2 Å². The van der Waals surface area contributed by atoms with Crippen LogP contribution in [0.2, 0.25) is 0 Å².